The molecular formula is C11H9N3O4. The number of nitro benzene ring substituents is 1. The van der Waals surface area contributed by atoms with Crippen LogP contribution in [0.3, 0.4) is 0 Å². The molecule has 0 saturated heterocycles. The van der Waals surface area contributed by atoms with Crippen molar-refractivity contribution in [1.29, 1.82) is 0 Å². The van der Waals surface area contributed by atoms with Crippen LogP contribution in [0.25, 0.3) is 11.0 Å². The smallest absolute Gasteiger partial charge is 0.338 e. The lowest BCUT2D eigenvalue weighted by molar-refractivity contribution is -0.384. The molecule has 18 heavy (non-hydrogen) atoms. The molecule has 0 aliphatic heterocycles. The van der Waals surface area contributed by atoms with Gasteiger partial charge >= 0.3 is 5.97 Å². The Hall–Kier alpha value is -2.57. The molecule has 1 aromatic heterocycles. The maximum absolute atomic E-state index is 11.1. The molecule has 1 heterocycles. The first-order valence-corrected chi connectivity index (χ1v) is 5.07. The van der Waals surface area contributed by atoms with Gasteiger partial charge in [0, 0.05) is 12.1 Å². The van der Waals surface area contributed by atoms with Crippen LogP contribution in [0.1, 0.15) is 21.7 Å². The van der Waals surface area contributed by atoms with Crippen molar-refractivity contribution >= 4 is 22.7 Å². The highest BCUT2D eigenvalue weighted by Crippen LogP contribution is 2.23. The minimum absolute atomic E-state index is 0.163. The Balaban J connectivity index is 2.89. The van der Waals surface area contributed by atoms with Crippen molar-refractivity contribution in [3.8, 4) is 0 Å². The van der Waals surface area contributed by atoms with Crippen molar-refractivity contribution in [1.82, 2.24) is 9.97 Å². The number of hydrogen-bond donors (Lipinski definition) is 1. The molecule has 0 unspecified atom stereocenters. The predicted octanol–water partition coefficient (Wildman–Crippen LogP) is 1.85. The van der Waals surface area contributed by atoms with Crippen LogP contribution in [0.5, 0.6) is 0 Å². The van der Waals surface area contributed by atoms with Crippen molar-refractivity contribution < 1.29 is 14.8 Å². The maximum atomic E-state index is 11.1. The van der Waals surface area contributed by atoms with E-state index in [4.69, 9.17) is 5.11 Å². The second kappa shape index (κ2) is 4.02. The number of aryl methyl sites for hydroxylation is 2. The van der Waals surface area contributed by atoms with Crippen LogP contribution in [0.4, 0.5) is 5.69 Å². The fourth-order valence-corrected chi connectivity index (χ4v) is 1.59. The van der Waals surface area contributed by atoms with Crippen LogP contribution in [0.2, 0.25) is 0 Å². The molecule has 92 valence electrons. The zero-order valence-electron chi connectivity index (χ0n) is 9.67. The molecule has 0 aliphatic rings. The molecule has 0 fully saturated rings. The maximum Gasteiger partial charge on any atom is 0.338 e. The summed E-state index contributed by atoms with van der Waals surface area (Å²) in [5.41, 5.74) is 1.06. The Kier molecular flexibility index (Phi) is 2.66. The summed E-state index contributed by atoms with van der Waals surface area (Å²) < 4.78 is 0. The fourth-order valence-electron chi connectivity index (χ4n) is 1.59. The molecule has 7 nitrogen and oxygen atoms in total. The van der Waals surface area contributed by atoms with E-state index in [1.54, 1.807) is 13.8 Å². The number of carboxylic acids is 1. The Morgan fingerprint density at radius 1 is 1.28 bits per heavy atom. The summed E-state index contributed by atoms with van der Waals surface area (Å²) >= 11 is 0. The number of carbonyl (C=O) groups is 1. The van der Waals surface area contributed by atoms with E-state index in [1.807, 2.05) is 0 Å². The first kappa shape index (κ1) is 11.9. The molecule has 0 spiro atoms. The van der Waals surface area contributed by atoms with E-state index in [0.29, 0.717) is 11.4 Å². The van der Waals surface area contributed by atoms with Crippen molar-refractivity contribution in [2.75, 3.05) is 0 Å². The van der Waals surface area contributed by atoms with Crippen molar-refractivity contribution in [2.24, 2.45) is 0 Å². The van der Waals surface area contributed by atoms with Gasteiger partial charge in [-0.2, -0.15) is 0 Å². The van der Waals surface area contributed by atoms with Gasteiger partial charge in [0.15, 0.2) is 0 Å². The lowest BCUT2D eigenvalue weighted by Gasteiger charge is -2.05. The van der Waals surface area contributed by atoms with E-state index in [-0.39, 0.29) is 22.3 Å². The molecular weight excluding hydrogens is 238 g/mol. The average Bonchev–Trinajstić information content (AvgIpc) is 2.29. The van der Waals surface area contributed by atoms with E-state index in [1.165, 1.54) is 6.07 Å². The second-order valence-corrected chi connectivity index (χ2v) is 3.82. The van der Waals surface area contributed by atoms with Gasteiger partial charge in [-0.3, -0.25) is 10.1 Å². The molecule has 0 radical (unpaired) electrons. The molecule has 1 aromatic carbocycles. The molecule has 0 amide bonds. The summed E-state index contributed by atoms with van der Waals surface area (Å²) in [6.07, 6.45) is 0. The van der Waals surface area contributed by atoms with Gasteiger partial charge in [0.2, 0.25) is 0 Å². The third kappa shape index (κ3) is 1.86. The summed E-state index contributed by atoms with van der Waals surface area (Å²) in [5.74, 6) is -1.26. The zero-order valence-corrected chi connectivity index (χ0v) is 9.67. The molecule has 0 saturated carbocycles. The van der Waals surface area contributed by atoms with Crippen LogP contribution in [-0.4, -0.2) is 26.0 Å². The van der Waals surface area contributed by atoms with E-state index in [2.05, 4.69) is 9.97 Å². The minimum atomic E-state index is -1.26. The highest BCUT2D eigenvalue weighted by Gasteiger charge is 2.18. The highest BCUT2D eigenvalue weighted by molar-refractivity contribution is 6.01. The van der Waals surface area contributed by atoms with Crippen LogP contribution in [0, 0.1) is 24.0 Å². The molecule has 0 atom stereocenters. The van der Waals surface area contributed by atoms with E-state index in [9.17, 15) is 14.9 Å². The molecule has 1 N–H and O–H groups in total. The monoisotopic (exact) mass is 247 g/mol. The number of nitrogens with zero attached hydrogens (tertiary/aromatic N) is 3. The van der Waals surface area contributed by atoms with Crippen LogP contribution in [-0.2, 0) is 0 Å². The standard InChI is InChI=1S/C11H9N3O4/c1-5-6(2)13-10-8(11(15)16)3-7(14(17)18)4-9(10)12-5/h3-4H,1-2H3,(H,15,16). The number of aromatic nitrogens is 2. The summed E-state index contributed by atoms with van der Waals surface area (Å²) in [4.78, 5) is 29.4. The Morgan fingerprint density at radius 3 is 2.44 bits per heavy atom. The molecule has 7 heteroatoms. The second-order valence-electron chi connectivity index (χ2n) is 3.82. The third-order valence-electron chi connectivity index (χ3n) is 2.61. The third-order valence-corrected chi connectivity index (χ3v) is 2.61. The van der Waals surface area contributed by atoms with Crippen molar-refractivity contribution in [3.63, 3.8) is 0 Å². The van der Waals surface area contributed by atoms with Crippen LogP contribution in [0.15, 0.2) is 12.1 Å². The molecule has 0 aliphatic carbocycles. The lowest BCUT2D eigenvalue weighted by atomic mass is 10.1. The first-order valence-electron chi connectivity index (χ1n) is 5.07. The summed E-state index contributed by atoms with van der Waals surface area (Å²) in [6.45, 7) is 3.41. The van der Waals surface area contributed by atoms with Gasteiger partial charge in [0.1, 0.15) is 5.52 Å². The number of rotatable bonds is 2. The quantitative estimate of drug-likeness (QED) is 0.641. The largest absolute Gasteiger partial charge is 0.478 e. The van der Waals surface area contributed by atoms with Gasteiger partial charge < -0.3 is 5.11 Å². The summed E-state index contributed by atoms with van der Waals surface area (Å²) in [7, 11) is 0. The van der Waals surface area contributed by atoms with Gasteiger partial charge in [-0.25, -0.2) is 14.8 Å². The predicted molar refractivity (Wildman–Crippen MR) is 62.6 cm³/mol. The van der Waals surface area contributed by atoms with Gasteiger partial charge in [0.05, 0.1) is 27.4 Å². The number of benzene rings is 1. The number of non-ortho nitro benzene ring substituents is 1. The Morgan fingerprint density at radius 2 is 1.89 bits per heavy atom. The van der Waals surface area contributed by atoms with E-state index >= 15 is 0 Å². The number of carboxylic acid groups (broad SMARTS) is 1. The van der Waals surface area contributed by atoms with Gasteiger partial charge in [0.25, 0.3) is 5.69 Å². The Labute approximate surface area is 101 Å². The van der Waals surface area contributed by atoms with Gasteiger partial charge in [-0.1, -0.05) is 0 Å². The number of aromatic carboxylic acids is 1. The summed E-state index contributed by atoms with van der Waals surface area (Å²) in [6, 6.07) is 2.22. The number of nitro groups is 1. The SMILES string of the molecule is Cc1nc2cc([N+](=O)[O-])cc(C(=O)O)c2nc1C. The van der Waals surface area contributed by atoms with Crippen LogP contribution < -0.4 is 0 Å². The zero-order chi connectivity index (χ0) is 13.4. The molecule has 0 bridgehead atoms. The van der Waals surface area contributed by atoms with Crippen LogP contribution >= 0.6 is 0 Å². The van der Waals surface area contributed by atoms with Gasteiger partial charge in [-0.05, 0) is 13.8 Å². The number of fused-ring (bicyclic) bond motifs is 1. The first-order chi connectivity index (χ1) is 8.40. The number of hydrogen-bond acceptors (Lipinski definition) is 5. The molecule has 2 rings (SSSR count). The lowest BCUT2D eigenvalue weighted by Crippen LogP contribution is -2.04. The van der Waals surface area contributed by atoms with Crippen molar-refractivity contribution in [2.45, 2.75) is 13.8 Å². The van der Waals surface area contributed by atoms with Crippen molar-refractivity contribution in [3.05, 3.63) is 39.2 Å². The average molecular weight is 247 g/mol. The van der Waals surface area contributed by atoms with Gasteiger partial charge in [-0.15, -0.1) is 0 Å². The normalized spacial score (nSPS) is 10.6. The Bertz CT molecular complexity index is 682. The topological polar surface area (TPSA) is 106 Å². The fraction of sp³-hybridized carbons (Fsp3) is 0.182. The summed E-state index contributed by atoms with van der Waals surface area (Å²) in [5, 5.41) is 19.8. The van der Waals surface area contributed by atoms with E-state index in [0.717, 1.165) is 6.07 Å². The highest BCUT2D eigenvalue weighted by atomic mass is 16.6. The van der Waals surface area contributed by atoms with E-state index < -0.39 is 10.9 Å². The molecule has 2 aromatic rings. The minimum Gasteiger partial charge on any atom is -0.478 e.